The number of rotatable bonds is 4. The topological polar surface area (TPSA) is 43.6 Å². The minimum atomic E-state index is -0.266. The molecule has 1 aromatic heterocycles. The van der Waals surface area contributed by atoms with Gasteiger partial charge in [0.15, 0.2) is 4.80 Å². The first kappa shape index (κ1) is 17.2. The molecule has 2 aromatic carbocycles. The van der Waals surface area contributed by atoms with Gasteiger partial charge in [-0.15, -0.1) is 11.3 Å². The molecular weight excluding hydrogens is 332 g/mol. The number of methoxy groups -OCH3 is 1. The van der Waals surface area contributed by atoms with E-state index in [4.69, 9.17) is 4.74 Å². The number of carbonyl (C=O) groups is 1. The summed E-state index contributed by atoms with van der Waals surface area (Å²) in [6.07, 6.45) is 0.894. The maximum absolute atomic E-state index is 12.6. The molecule has 1 heterocycles. The van der Waals surface area contributed by atoms with E-state index in [-0.39, 0.29) is 5.91 Å². The number of benzene rings is 2. The number of thiazole rings is 1. The number of aromatic nitrogens is 1. The van der Waals surface area contributed by atoms with Gasteiger partial charge in [-0.25, -0.2) is 0 Å². The SMILES string of the molecule is CCc1sc(=NC(=O)c2cccc(OC)c2)n(C)c1-c1ccccc1. The van der Waals surface area contributed by atoms with Crippen LogP contribution in [0.1, 0.15) is 22.2 Å². The van der Waals surface area contributed by atoms with Crippen molar-refractivity contribution in [3.63, 3.8) is 0 Å². The number of nitrogens with zero attached hydrogens (tertiary/aromatic N) is 2. The van der Waals surface area contributed by atoms with E-state index >= 15 is 0 Å². The minimum absolute atomic E-state index is 0.266. The van der Waals surface area contributed by atoms with Crippen molar-refractivity contribution in [1.82, 2.24) is 4.57 Å². The summed E-state index contributed by atoms with van der Waals surface area (Å²) in [4.78, 5) is 18.8. The van der Waals surface area contributed by atoms with Crippen LogP contribution in [0.2, 0.25) is 0 Å². The van der Waals surface area contributed by atoms with E-state index in [2.05, 4.69) is 24.0 Å². The highest BCUT2D eigenvalue weighted by molar-refractivity contribution is 7.09. The molecular formula is C20H20N2O2S. The van der Waals surface area contributed by atoms with Crippen LogP contribution in [0.15, 0.2) is 59.6 Å². The van der Waals surface area contributed by atoms with Gasteiger partial charge < -0.3 is 9.30 Å². The molecule has 0 atom stereocenters. The fraction of sp³-hybridized carbons (Fsp3) is 0.200. The molecule has 3 aromatic rings. The first-order valence-electron chi connectivity index (χ1n) is 8.11. The van der Waals surface area contributed by atoms with Gasteiger partial charge in [0, 0.05) is 17.5 Å². The van der Waals surface area contributed by atoms with Crippen LogP contribution in [0.5, 0.6) is 5.75 Å². The van der Waals surface area contributed by atoms with Crippen molar-refractivity contribution < 1.29 is 9.53 Å². The lowest BCUT2D eigenvalue weighted by molar-refractivity contribution is 0.0997. The predicted octanol–water partition coefficient (Wildman–Crippen LogP) is 4.07. The van der Waals surface area contributed by atoms with Gasteiger partial charge in [0.2, 0.25) is 0 Å². The normalized spacial score (nSPS) is 11.6. The Morgan fingerprint density at radius 3 is 2.60 bits per heavy atom. The number of aryl methyl sites for hydroxylation is 1. The molecule has 128 valence electrons. The molecule has 0 aliphatic heterocycles. The van der Waals surface area contributed by atoms with Crippen molar-refractivity contribution in [2.24, 2.45) is 12.0 Å². The van der Waals surface area contributed by atoms with Crippen LogP contribution in [-0.2, 0) is 13.5 Å². The minimum Gasteiger partial charge on any atom is -0.497 e. The molecule has 0 bridgehead atoms. The van der Waals surface area contributed by atoms with E-state index in [0.29, 0.717) is 16.1 Å². The Balaban J connectivity index is 2.07. The lowest BCUT2D eigenvalue weighted by atomic mass is 10.1. The summed E-state index contributed by atoms with van der Waals surface area (Å²) >= 11 is 1.56. The fourth-order valence-corrected chi connectivity index (χ4v) is 3.78. The Morgan fingerprint density at radius 2 is 1.92 bits per heavy atom. The molecule has 0 radical (unpaired) electrons. The number of ether oxygens (including phenoxy) is 1. The second kappa shape index (κ2) is 7.49. The van der Waals surface area contributed by atoms with Crippen LogP contribution in [0, 0.1) is 0 Å². The lowest BCUT2D eigenvalue weighted by Crippen LogP contribution is -2.14. The summed E-state index contributed by atoms with van der Waals surface area (Å²) in [7, 11) is 3.54. The van der Waals surface area contributed by atoms with Gasteiger partial charge in [0.25, 0.3) is 5.91 Å². The number of hydrogen-bond donors (Lipinski definition) is 0. The molecule has 0 saturated heterocycles. The Morgan fingerprint density at radius 1 is 1.16 bits per heavy atom. The molecule has 4 nitrogen and oxygen atoms in total. The van der Waals surface area contributed by atoms with Crippen LogP contribution in [0.25, 0.3) is 11.3 Å². The Bertz CT molecular complexity index is 955. The third kappa shape index (κ3) is 3.56. The van der Waals surface area contributed by atoms with Crippen molar-refractivity contribution in [2.45, 2.75) is 13.3 Å². The first-order valence-corrected chi connectivity index (χ1v) is 8.93. The van der Waals surface area contributed by atoms with E-state index in [9.17, 15) is 4.79 Å². The van der Waals surface area contributed by atoms with Crippen molar-refractivity contribution in [3.8, 4) is 17.0 Å². The van der Waals surface area contributed by atoms with Gasteiger partial charge in [0.1, 0.15) is 5.75 Å². The summed E-state index contributed by atoms with van der Waals surface area (Å²) in [6.45, 7) is 2.12. The van der Waals surface area contributed by atoms with Crippen LogP contribution < -0.4 is 9.54 Å². The van der Waals surface area contributed by atoms with E-state index in [1.165, 1.54) is 4.88 Å². The summed E-state index contributed by atoms with van der Waals surface area (Å²) < 4.78 is 7.18. The van der Waals surface area contributed by atoms with Crippen molar-refractivity contribution in [3.05, 3.63) is 69.8 Å². The number of hydrogen-bond acceptors (Lipinski definition) is 3. The fourth-order valence-electron chi connectivity index (χ4n) is 2.71. The molecule has 0 fully saturated rings. The highest BCUT2D eigenvalue weighted by Gasteiger charge is 2.13. The van der Waals surface area contributed by atoms with Crippen LogP contribution in [0.4, 0.5) is 0 Å². The lowest BCUT2D eigenvalue weighted by Gasteiger charge is -2.05. The number of amides is 1. The Labute approximate surface area is 151 Å². The zero-order valence-electron chi connectivity index (χ0n) is 14.5. The zero-order valence-corrected chi connectivity index (χ0v) is 15.3. The predicted molar refractivity (Wildman–Crippen MR) is 101 cm³/mol. The van der Waals surface area contributed by atoms with Gasteiger partial charge in [0.05, 0.1) is 12.8 Å². The molecule has 5 heteroatoms. The first-order chi connectivity index (χ1) is 12.1. The smallest absolute Gasteiger partial charge is 0.279 e. The molecule has 0 unspecified atom stereocenters. The Kier molecular flexibility index (Phi) is 5.14. The summed E-state index contributed by atoms with van der Waals surface area (Å²) in [5.74, 6) is 0.383. The zero-order chi connectivity index (χ0) is 17.8. The highest BCUT2D eigenvalue weighted by Crippen LogP contribution is 2.25. The molecule has 0 aliphatic rings. The molecule has 0 spiro atoms. The molecule has 0 aliphatic carbocycles. The maximum Gasteiger partial charge on any atom is 0.279 e. The average molecular weight is 352 g/mol. The largest absolute Gasteiger partial charge is 0.497 e. The van der Waals surface area contributed by atoms with E-state index in [0.717, 1.165) is 17.7 Å². The van der Waals surface area contributed by atoms with Crippen LogP contribution in [-0.4, -0.2) is 17.6 Å². The summed E-state index contributed by atoms with van der Waals surface area (Å²) in [6, 6.07) is 17.3. The van der Waals surface area contributed by atoms with E-state index in [1.807, 2.05) is 35.9 Å². The van der Waals surface area contributed by atoms with Gasteiger partial charge >= 0.3 is 0 Å². The quantitative estimate of drug-likeness (QED) is 0.710. The Hall–Kier alpha value is -2.66. The van der Waals surface area contributed by atoms with Gasteiger partial charge in [-0.1, -0.05) is 43.3 Å². The highest BCUT2D eigenvalue weighted by atomic mass is 32.1. The van der Waals surface area contributed by atoms with Gasteiger partial charge in [-0.05, 0) is 30.2 Å². The van der Waals surface area contributed by atoms with Crippen molar-refractivity contribution in [2.75, 3.05) is 7.11 Å². The molecule has 1 amide bonds. The average Bonchev–Trinajstić information content (AvgIpc) is 2.98. The van der Waals surface area contributed by atoms with Gasteiger partial charge in [-0.2, -0.15) is 4.99 Å². The summed E-state index contributed by atoms with van der Waals surface area (Å²) in [5, 5.41) is 0. The third-order valence-electron chi connectivity index (χ3n) is 3.98. The standard InChI is InChI=1S/C20H20N2O2S/c1-4-17-18(14-9-6-5-7-10-14)22(2)20(25-17)21-19(23)15-11-8-12-16(13-15)24-3/h5-13H,4H2,1-3H3. The van der Waals surface area contributed by atoms with E-state index in [1.54, 1.807) is 36.6 Å². The van der Waals surface area contributed by atoms with Gasteiger partial charge in [-0.3, -0.25) is 4.79 Å². The third-order valence-corrected chi connectivity index (χ3v) is 5.26. The monoisotopic (exact) mass is 352 g/mol. The summed E-state index contributed by atoms with van der Waals surface area (Å²) in [5.41, 5.74) is 2.77. The maximum atomic E-state index is 12.6. The van der Waals surface area contributed by atoms with E-state index < -0.39 is 0 Å². The molecule has 0 saturated carbocycles. The van der Waals surface area contributed by atoms with Crippen molar-refractivity contribution in [1.29, 1.82) is 0 Å². The van der Waals surface area contributed by atoms with Crippen LogP contribution >= 0.6 is 11.3 Å². The number of carbonyl (C=O) groups excluding carboxylic acids is 1. The van der Waals surface area contributed by atoms with Crippen molar-refractivity contribution >= 4 is 17.2 Å². The second-order valence-corrected chi connectivity index (χ2v) is 6.65. The molecule has 3 rings (SSSR count). The molecule has 0 N–H and O–H groups in total. The van der Waals surface area contributed by atoms with Crippen LogP contribution in [0.3, 0.4) is 0 Å². The molecule has 25 heavy (non-hydrogen) atoms. The second-order valence-electron chi connectivity index (χ2n) is 5.58.